The van der Waals surface area contributed by atoms with Crippen molar-refractivity contribution in [3.05, 3.63) is 40.2 Å². The topological polar surface area (TPSA) is 393 Å². The number of hydrogen-bond acceptors (Lipinski definition) is 14. The van der Waals surface area contributed by atoms with Gasteiger partial charge in [-0.25, -0.2) is 4.79 Å². The summed E-state index contributed by atoms with van der Waals surface area (Å²) in [7, 11) is 0. The Morgan fingerprint density at radius 3 is 1.63 bits per heavy atom. The number of carboxylic acids is 5. The SMILES string of the molecule is CC(N)C(=O)O.CC(O)C(N)C(=O)O.Cc1cc(=O)oc2cc(N)ccc12.NC(CC(=O)O)C(=O)O.NCCCCC(N)C(=O)O. The van der Waals surface area contributed by atoms with Crippen molar-refractivity contribution in [2.75, 3.05) is 12.3 Å². The number of aryl methyl sites for hydroxylation is 1. The summed E-state index contributed by atoms with van der Waals surface area (Å²) in [6, 6.07) is 2.87. The van der Waals surface area contributed by atoms with Gasteiger partial charge in [0.15, 0.2) is 0 Å². The van der Waals surface area contributed by atoms with Gasteiger partial charge in [-0.15, -0.1) is 0 Å². The van der Waals surface area contributed by atoms with E-state index < -0.39 is 66.5 Å². The zero-order valence-corrected chi connectivity index (χ0v) is 25.7. The Morgan fingerprint density at radius 1 is 0.804 bits per heavy atom. The molecule has 5 atom stereocenters. The van der Waals surface area contributed by atoms with E-state index in [1.54, 1.807) is 12.1 Å². The summed E-state index contributed by atoms with van der Waals surface area (Å²) in [5.74, 6) is -5.57. The summed E-state index contributed by atoms with van der Waals surface area (Å²) in [5.41, 5.74) is 32.3. The minimum Gasteiger partial charge on any atom is -0.481 e. The van der Waals surface area contributed by atoms with Crippen LogP contribution in [0, 0.1) is 6.92 Å². The van der Waals surface area contributed by atoms with Crippen molar-refractivity contribution in [1.82, 2.24) is 0 Å². The molecule has 19 heteroatoms. The number of fused-ring (bicyclic) bond motifs is 1. The number of anilines is 1. The second-order valence-corrected chi connectivity index (χ2v) is 9.51. The first-order valence-corrected chi connectivity index (χ1v) is 13.4. The standard InChI is InChI=1S/C10H9NO2.C6H14N2O2.C4H7NO4.C4H9NO3.C3H7NO2/c1-6-4-10(12)13-9-5-7(11)2-3-8(6)9;7-4-2-1-3-5(8)6(9)10;5-2(4(8)9)1-3(6)7;1-2(6)3(5)4(7)8;1-2(4)3(5)6/h2-5H,11H2,1H3;5H,1-4,7-8H2,(H,9,10);2H,1,5H2,(H,6,7)(H,8,9);2-3,6H,5H2,1H3,(H,7,8);2H,4H2,1H3,(H,5,6). The van der Waals surface area contributed by atoms with Gasteiger partial charge in [0.1, 0.15) is 29.8 Å². The number of hydrogen-bond donors (Lipinski definition) is 12. The van der Waals surface area contributed by atoms with Crippen molar-refractivity contribution in [1.29, 1.82) is 0 Å². The van der Waals surface area contributed by atoms with Crippen LogP contribution in [0.4, 0.5) is 5.69 Å². The highest BCUT2D eigenvalue weighted by Gasteiger charge is 2.16. The molecule has 5 unspecified atom stereocenters. The summed E-state index contributed by atoms with van der Waals surface area (Å²) < 4.78 is 4.99. The fraction of sp³-hybridized carbons (Fsp3) is 0.481. The Kier molecular flexibility index (Phi) is 24.5. The Balaban J connectivity index is -0.000000516. The molecule has 0 amide bonds. The van der Waals surface area contributed by atoms with Crippen LogP contribution in [0.25, 0.3) is 11.0 Å². The number of carboxylic acid groups (broad SMARTS) is 5. The van der Waals surface area contributed by atoms with Crippen molar-refractivity contribution in [2.24, 2.45) is 28.7 Å². The van der Waals surface area contributed by atoms with Gasteiger partial charge in [0.2, 0.25) is 0 Å². The molecule has 18 N–H and O–H groups in total. The molecule has 0 aliphatic rings. The number of aliphatic hydroxyl groups is 1. The fourth-order valence-electron chi connectivity index (χ4n) is 2.46. The molecule has 0 aliphatic heterocycles. The summed E-state index contributed by atoms with van der Waals surface area (Å²) in [5, 5.41) is 49.7. The Bertz CT molecular complexity index is 1300. The minimum absolute atomic E-state index is 0.337. The van der Waals surface area contributed by atoms with Gasteiger partial charge >= 0.3 is 35.5 Å². The van der Waals surface area contributed by atoms with Crippen LogP contribution in [0.2, 0.25) is 0 Å². The Hall–Kier alpha value is -4.66. The predicted octanol–water partition coefficient (Wildman–Crippen LogP) is -1.72. The number of unbranched alkanes of at least 4 members (excludes halogenated alkanes) is 1. The molecule has 0 saturated carbocycles. The molecule has 0 fully saturated rings. The number of benzene rings is 1. The van der Waals surface area contributed by atoms with Crippen LogP contribution in [-0.2, 0) is 24.0 Å². The summed E-state index contributed by atoms with van der Waals surface area (Å²) >= 11 is 0. The summed E-state index contributed by atoms with van der Waals surface area (Å²) in [6.45, 7) is 5.23. The lowest BCUT2D eigenvalue weighted by Gasteiger charge is -2.06. The second kappa shape index (κ2) is 24.6. The molecule has 0 spiro atoms. The quantitative estimate of drug-likeness (QED) is 0.0722. The van der Waals surface area contributed by atoms with Crippen molar-refractivity contribution in [3.63, 3.8) is 0 Å². The molecule has 0 saturated heterocycles. The van der Waals surface area contributed by atoms with Gasteiger partial charge in [-0.3, -0.25) is 24.0 Å². The minimum atomic E-state index is -1.29. The zero-order valence-electron chi connectivity index (χ0n) is 25.7. The zero-order chi connectivity index (χ0) is 36.7. The van der Waals surface area contributed by atoms with E-state index in [-0.39, 0.29) is 5.63 Å². The van der Waals surface area contributed by atoms with Crippen molar-refractivity contribution in [2.45, 2.75) is 76.7 Å². The third kappa shape index (κ3) is 23.8. The van der Waals surface area contributed by atoms with Crippen LogP contribution in [0.15, 0.2) is 33.5 Å². The fourth-order valence-corrected chi connectivity index (χ4v) is 2.46. The summed E-state index contributed by atoms with van der Waals surface area (Å²) in [6.07, 6.45) is 0.653. The van der Waals surface area contributed by atoms with E-state index in [0.29, 0.717) is 24.2 Å². The lowest BCUT2D eigenvalue weighted by Crippen LogP contribution is -2.39. The van der Waals surface area contributed by atoms with Crippen molar-refractivity contribution < 1.29 is 59.0 Å². The van der Waals surface area contributed by atoms with Gasteiger partial charge in [-0.2, -0.15) is 0 Å². The van der Waals surface area contributed by atoms with E-state index in [4.69, 9.17) is 69.5 Å². The normalized spacial score (nSPS) is 13.1. The highest BCUT2D eigenvalue weighted by Crippen LogP contribution is 2.18. The third-order valence-corrected chi connectivity index (χ3v) is 5.17. The van der Waals surface area contributed by atoms with E-state index in [1.165, 1.54) is 19.9 Å². The maximum Gasteiger partial charge on any atom is 0.336 e. The molecular weight excluding hydrogens is 616 g/mol. The highest BCUT2D eigenvalue weighted by atomic mass is 16.4. The van der Waals surface area contributed by atoms with Crippen molar-refractivity contribution in [3.8, 4) is 0 Å². The van der Waals surface area contributed by atoms with Crippen LogP contribution >= 0.6 is 0 Å². The lowest BCUT2D eigenvalue weighted by molar-refractivity contribution is -0.144. The molecule has 1 aromatic carbocycles. The molecule has 2 aromatic rings. The molecule has 1 heterocycles. The molecule has 46 heavy (non-hydrogen) atoms. The van der Waals surface area contributed by atoms with Gasteiger partial charge in [-0.1, -0.05) is 6.42 Å². The molecule has 0 aliphatic carbocycles. The maximum absolute atomic E-state index is 11.0. The van der Waals surface area contributed by atoms with Gasteiger partial charge in [-0.05, 0) is 57.9 Å². The third-order valence-electron chi connectivity index (χ3n) is 5.17. The monoisotopic (exact) mass is 662 g/mol. The number of rotatable bonds is 11. The number of aliphatic carboxylic acids is 5. The molecule has 0 radical (unpaired) electrons. The average Bonchev–Trinajstić information content (AvgIpc) is 2.93. The van der Waals surface area contributed by atoms with Crippen LogP contribution in [0.5, 0.6) is 0 Å². The van der Waals surface area contributed by atoms with Crippen LogP contribution < -0.4 is 40.0 Å². The van der Waals surface area contributed by atoms with Gasteiger partial charge < -0.3 is 69.5 Å². The predicted molar refractivity (Wildman–Crippen MR) is 167 cm³/mol. The lowest BCUT2D eigenvalue weighted by atomic mass is 10.1. The van der Waals surface area contributed by atoms with E-state index in [0.717, 1.165) is 23.8 Å². The Labute approximate surface area is 263 Å². The van der Waals surface area contributed by atoms with Crippen LogP contribution in [0.3, 0.4) is 0 Å². The molecule has 19 nitrogen and oxygen atoms in total. The van der Waals surface area contributed by atoms with Crippen LogP contribution in [-0.4, -0.2) is 97.3 Å². The Morgan fingerprint density at radius 2 is 1.30 bits per heavy atom. The summed E-state index contributed by atoms with van der Waals surface area (Å²) in [4.78, 5) is 60.2. The average molecular weight is 663 g/mol. The number of nitrogen functional groups attached to an aromatic ring is 1. The molecule has 0 bridgehead atoms. The maximum atomic E-state index is 11.0. The first-order valence-electron chi connectivity index (χ1n) is 13.4. The highest BCUT2D eigenvalue weighted by molar-refractivity contribution is 5.82. The van der Waals surface area contributed by atoms with Gasteiger partial charge in [0.25, 0.3) is 0 Å². The molecule has 2 rings (SSSR count). The second-order valence-electron chi connectivity index (χ2n) is 9.51. The molecular formula is C27H46N6O13. The smallest absolute Gasteiger partial charge is 0.336 e. The van der Waals surface area contributed by atoms with Gasteiger partial charge in [0, 0.05) is 23.2 Å². The number of nitrogens with two attached hydrogens (primary N) is 6. The van der Waals surface area contributed by atoms with E-state index >= 15 is 0 Å². The first kappa shape index (κ1) is 45.8. The van der Waals surface area contributed by atoms with E-state index in [2.05, 4.69) is 0 Å². The molecule has 1 aromatic heterocycles. The van der Waals surface area contributed by atoms with E-state index in [1.807, 2.05) is 13.0 Å². The van der Waals surface area contributed by atoms with Gasteiger partial charge in [0.05, 0.1) is 12.5 Å². The van der Waals surface area contributed by atoms with E-state index in [9.17, 15) is 28.8 Å². The van der Waals surface area contributed by atoms with Crippen LogP contribution in [0.1, 0.15) is 45.1 Å². The number of carbonyl (C=O) groups is 5. The first-order chi connectivity index (χ1) is 21.1. The number of aliphatic hydroxyl groups excluding tert-OH is 1. The molecule has 262 valence electrons. The van der Waals surface area contributed by atoms with Crippen molar-refractivity contribution >= 4 is 46.5 Å². The largest absolute Gasteiger partial charge is 0.481 e.